The molecule has 3 unspecified atom stereocenters. The highest BCUT2D eigenvalue weighted by atomic mass is 16.5. The van der Waals surface area contributed by atoms with E-state index in [0.717, 1.165) is 39.1 Å². The molecule has 112 valence electrons. The zero-order valence-corrected chi connectivity index (χ0v) is 12.7. The second-order valence-corrected chi connectivity index (χ2v) is 5.65. The molecule has 0 aromatic rings. The second kappa shape index (κ2) is 7.22. The van der Waals surface area contributed by atoms with E-state index in [9.17, 15) is 4.79 Å². The molecule has 1 amide bonds. The lowest BCUT2D eigenvalue weighted by atomic mass is 9.91. The number of likely N-dealkylation sites (N-methyl/N-ethyl adjacent to an activating group) is 1. The van der Waals surface area contributed by atoms with E-state index in [-0.39, 0.29) is 5.91 Å². The Hall–Kier alpha value is -0.650. The molecule has 0 aromatic carbocycles. The predicted octanol–water partition coefficient (Wildman–Crippen LogP) is 0.729. The van der Waals surface area contributed by atoms with Crippen LogP contribution in [0, 0.1) is 0 Å². The van der Waals surface area contributed by atoms with Gasteiger partial charge in [0.15, 0.2) is 0 Å². The minimum Gasteiger partial charge on any atom is -0.378 e. The number of hydrogen-bond donors (Lipinski definition) is 2. The number of nitrogens with two attached hydrogens (primary N) is 1. The molecule has 19 heavy (non-hydrogen) atoms. The fraction of sp³-hybridized carbons (Fsp3) is 0.929. The van der Waals surface area contributed by atoms with Gasteiger partial charge in [-0.3, -0.25) is 9.69 Å². The van der Waals surface area contributed by atoms with E-state index >= 15 is 0 Å². The Kier molecular flexibility index (Phi) is 6.23. The Labute approximate surface area is 116 Å². The second-order valence-electron chi connectivity index (χ2n) is 5.65. The van der Waals surface area contributed by atoms with Crippen LogP contribution < -0.4 is 11.1 Å². The van der Waals surface area contributed by atoms with Crippen molar-refractivity contribution in [1.29, 1.82) is 0 Å². The van der Waals surface area contributed by atoms with Crippen LogP contribution in [0.1, 0.15) is 40.5 Å². The molecule has 5 nitrogen and oxygen atoms in total. The third kappa shape index (κ3) is 4.16. The lowest BCUT2D eigenvalue weighted by molar-refractivity contribution is -0.125. The standard InChI is InChI=1S/C14H29N3O2/c1-5-12-10-19-8-7-17(12)11(3)9-14(4,13(15)18)16-6-2/h11-12,16H,5-10H2,1-4H3,(H2,15,18). The lowest BCUT2D eigenvalue weighted by Gasteiger charge is -2.42. The van der Waals surface area contributed by atoms with Gasteiger partial charge in [-0.1, -0.05) is 13.8 Å². The van der Waals surface area contributed by atoms with E-state index < -0.39 is 5.54 Å². The topological polar surface area (TPSA) is 67.6 Å². The molecule has 0 spiro atoms. The Morgan fingerprint density at radius 3 is 2.79 bits per heavy atom. The fourth-order valence-electron chi connectivity index (χ4n) is 2.96. The Bertz CT molecular complexity index is 298. The lowest BCUT2D eigenvalue weighted by Crippen LogP contribution is -2.58. The highest BCUT2D eigenvalue weighted by Gasteiger charge is 2.35. The molecule has 0 aliphatic carbocycles. The van der Waals surface area contributed by atoms with Gasteiger partial charge in [-0.05, 0) is 33.2 Å². The molecule has 0 saturated carbocycles. The number of nitrogens with one attached hydrogen (secondary N) is 1. The molecule has 0 aromatic heterocycles. The normalized spacial score (nSPS) is 25.8. The quantitative estimate of drug-likeness (QED) is 0.716. The minimum absolute atomic E-state index is 0.275. The molecule has 3 N–H and O–H groups in total. The Morgan fingerprint density at radius 2 is 2.26 bits per heavy atom. The van der Waals surface area contributed by atoms with Crippen molar-refractivity contribution in [1.82, 2.24) is 10.2 Å². The first-order valence-corrected chi connectivity index (χ1v) is 7.33. The number of morpholine rings is 1. The Morgan fingerprint density at radius 1 is 1.58 bits per heavy atom. The summed E-state index contributed by atoms with van der Waals surface area (Å²) in [4.78, 5) is 14.1. The largest absolute Gasteiger partial charge is 0.378 e. The molecular weight excluding hydrogens is 242 g/mol. The number of amides is 1. The van der Waals surface area contributed by atoms with Gasteiger partial charge in [-0.15, -0.1) is 0 Å². The summed E-state index contributed by atoms with van der Waals surface area (Å²) in [6.07, 6.45) is 1.80. The van der Waals surface area contributed by atoms with Crippen molar-refractivity contribution in [3.05, 3.63) is 0 Å². The number of ether oxygens (including phenoxy) is 1. The average molecular weight is 271 g/mol. The summed E-state index contributed by atoms with van der Waals surface area (Å²) >= 11 is 0. The zero-order valence-electron chi connectivity index (χ0n) is 12.7. The average Bonchev–Trinajstić information content (AvgIpc) is 2.38. The molecule has 1 aliphatic rings. The first-order chi connectivity index (χ1) is 8.94. The summed E-state index contributed by atoms with van der Waals surface area (Å²) < 4.78 is 5.53. The molecule has 0 bridgehead atoms. The molecule has 1 aliphatic heterocycles. The van der Waals surface area contributed by atoms with Crippen LogP contribution in [-0.2, 0) is 9.53 Å². The summed E-state index contributed by atoms with van der Waals surface area (Å²) in [5.41, 5.74) is 4.92. The van der Waals surface area contributed by atoms with Crippen molar-refractivity contribution in [2.75, 3.05) is 26.3 Å². The Balaban J connectivity index is 2.69. The molecule has 1 saturated heterocycles. The molecule has 3 atom stereocenters. The van der Waals surface area contributed by atoms with Crippen molar-refractivity contribution in [3.63, 3.8) is 0 Å². The van der Waals surface area contributed by atoms with Crippen LogP contribution in [0.25, 0.3) is 0 Å². The van der Waals surface area contributed by atoms with Gasteiger partial charge < -0.3 is 15.8 Å². The maximum atomic E-state index is 11.7. The van der Waals surface area contributed by atoms with Crippen molar-refractivity contribution in [2.45, 2.75) is 58.2 Å². The van der Waals surface area contributed by atoms with Crippen LogP contribution in [-0.4, -0.2) is 54.7 Å². The van der Waals surface area contributed by atoms with Crippen LogP contribution in [0.4, 0.5) is 0 Å². The number of hydrogen-bond acceptors (Lipinski definition) is 4. The summed E-state index contributed by atoms with van der Waals surface area (Å²) in [5, 5.41) is 3.23. The molecule has 0 radical (unpaired) electrons. The molecule has 1 fully saturated rings. The van der Waals surface area contributed by atoms with E-state index in [1.54, 1.807) is 0 Å². The molecular formula is C14H29N3O2. The predicted molar refractivity (Wildman–Crippen MR) is 77.0 cm³/mol. The third-order valence-corrected chi connectivity index (χ3v) is 4.12. The minimum atomic E-state index is -0.634. The summed E-state index contributed by atoms with van der Waals surface area (Å²) in [6.45, 7) is 11.5. The fourth-order valence-corrected chi connectivity index (χ4v) is 2.96. The van der Waals surface area contributed by atoms with Crippen LogP contribution >= 0.6 is 0 Å². The maximum absolute atomic E-state index is 11.7. The van der Waals surface area contributed by atoms with E-state index in [2.05, 4.69) is 24.1 Å². The van der Waals surface area contributed by atoms with Crippen molar-refractivity contribution in [3.8, 4) is 0 Å². The van der Waals surface area contributed by atoms with Gasteiger partial charge in [0.05, 0.1) is 18.8 Å². The highest BCUT2D eigenvalue weighted by Crippen LogP contribution is 2.21. The first kappa shape index (κ1) is 16.4. The van der Waals surface area contributed by atoms with E-state index in [0.29, 0.717) is 12.1 Å². The maximum Gasteiger partial charge on any atom is 0.237 e. The van der Waals surface area contributed by atoms with Gasteiger partial charge in [0, 0.05) is 18.6 Å². The van der Waals surface area contributed by atoms with Crippen LogP contribution in [0.15, 0.2) is 0 Å². The SMILES string of the molecule is CCNC(C)(CC(C)N1CCOCC1CC)C(N)=O. The number of nitrogens with zero attached hydrogens (tertiary/aromatic N) is 1. The van der Waals surface area contributed by atoms with Crippen LogP contribution in [0.3, 0.4) is 0 Å². The summed E-state index contributed by atoms with van der Waals surface area (Å²) in [6, 6.07) is 0.757. The van der Waals surface area contributed by atoms with Crippen molar-refractivity contribution in [2.24, 2.45) is 5.73 Å². The number of carbonyl (C=O) groups excluding carboxylic acids is 1. The summed E-state index contributed by atoms with van der Waals surface area (Å²) in [5.74, 6) is -0.275. The summed E-state index contributed by atoms with van der Waals surface area (Å²) in [7, 11) is 0. The molecule has 1 rings (SSSR count). The monoisotopic (exact) mass is 271 g/mol. The van der Waals surface area contributed by atoms with Gasteiger partial charge in [-0.2, -0.15) is 0 Å². The van der Waals surface area contributed by atoms with Crippen molar-refractivity contribution < 1.29 is 9.53 Å². The van der Waals surface area contributed by atoms with Crippen molar-refractivity contribution >= 4 is 5.91 Å². The number of carbonyl (C=O) groups is 1. The molecule has 5 heteroatoms. The van der Waals surface area contributed by atoms with E-state index in [4.69, 9.17) is 10.5 Å². The number of rotatable bonds is 7. The third-order valence-electron chi connectivity index (χ3n) is 4.12. The van der Waals surface area contributed by atoms with E-state index in [1.165, 1.54) is 0 Å². The first-order valence-electron chi connectivity index (χ1n) is 7.33. The van der Waals surface area contributed by atoms with Gasteiger partial charge in [0.2, 0.25) is 5.91 Å². The van der Waals surface area contributed by atoms with Crippen LogP contribution in [0.5, 0.6) is 0 Å². The van der Waals surface area contributed by atoms with Gasteiger partial charge >= 0.3 is 0 Å². The molecule has 1 heterocycles. The zero-order chi connectivity index (χ0) is 14.5. The van der Waals surface area contributed by atoms with Gasteiger partial charge in [0.1, 0.15) is 0 Å². The van der Waals surface area contributed by atoms with Gasteiger partial charge in [0.25, 0.3) is 0 Å². The smallest absolute Gasteiger partial charge is 0.237 e. The van der Waals surface area contributed by atoms with Crippen LogP contribution in [0.2, 0.25) is 0 Å². The van der Waals surface area contributed by atoms with E-state index in [1.807, 2.05) is 13.8 Å². The van der Waals surface area contributed by atoms with Gasteiger partial charge in [-0.25, -0.2) is 0 Å². The number of primary amides is 1. The highest BCUT2D eigenvalue weighted by molar-refractivity contribution is 5.84.